The quantitative estimate of drug-likeness (QED) is 0.529. The summed E-state index contributed by atoms with van der Waals surface area (Å²) in [6, 6.07) is 12.9. The van der Waals surface area contributed by atoms with Gasteiger partial charge in [-0.05, 0) is 43.3 Å². The van der Waals surface area contributed by atoms with Crippen LogP contribution in [0.2, 0.25) is 0 Å². The van der Waals surface area contributed by atoms with Gasteiger partial charge in [-0.2, -0.15) is 0 Å². The van der Waals surface area contributed by atoms with E-state index in [4.69, 9.17) is 4.52 Å². The van der Waals surface area contributed by atoms with Gasteiger partial charge >= 0.3 is 0 Å². The number of quaternary nitrogens is 1. The maximum atomic E-state index is 13.1. The van der Waals surface area contributed by atoms with Crippen molar-refractivity contribution < 1.29 is 18.7 Å². The molecule has 1 fully saturated rings. The number of nitro benzene ring substituents is 1. The van der Waals surface area contributed by atoms with Crippen molar-refractivity contribution in [1.82, 2.24) is 5.16 Å². The number of nitrogens with zero attached hydrogens (tertiary/aromatic N) is 3. The van der Waals surface area contributed by atoms with Crippen molar-refractivity contribution in [3.63, 3.8) is 0 Å². The third kappa shape index (κ3) is 4.12. The molecule has 29 heavy (non-hydrogen) atoms. The van der Waals surface area contributed by atoms with Crippen LogP contribution in [-0.4, -0.2) is 36.3 Å². The predicted octanol–water partition coefficient (Wildman–Crippen LogP) is 2.60. The van der Waals surface area contributed by atoms with Crippen molar-refractivity contribution in [2.75, 3.05) is 31.1 Å². The Kier molecular flexibility index (Phi) is 5.26. The molecule has 1 aliphatic rings. The van der Waals surface area contributed by atoms with Crippen molar-refractivity contribution >= 4 is 11.4 Å². The Morgan fingerprint density at radius 3 is 2.41 bits per heavy atom. The number of halogens is 1. The summed E-state index contributed by atoms with van der Waals surface area (Å²) >= 11 is 0. The monoisotopic (exact) mass is 397 g/mol. The van der Waals surface area contributed by atoms with Crippen molar-refractivity contribution in [2.45, 2.75) is 13.5 Å². The molecule has 0 radical (unpaired) electrons. The van der Waals surface area contributed by atoms with Crippen molar-refractivity contribution in [2.24, 2.45) is 0 Å². The highest BCUT2D eigenvalue weighted by Gasteiger charge is 2.24. The minimum atomic E-state index is -0.383. The Morgan fingerprint density at radius 2 is 1.79 bits per heavy atom. The maximum Gasteiger partial charge on any atom is 0.269 e. The summed E-state index contributed by atoms with van der Waals surface area (Å²) in [4.78, 5) is 14.1. The largest absolute Gasteiger partial charge is 0.360 e. The van der Waals surface area contributed by atoms with E-state index in [1.807, 2.05) is 6.92 Å². The lowest BCUT2D eigenvalue weighted by Gasteiger charge is -2.33. The zero-order chi connectivity index (χ0) is 20.4. The molecule has 7 nitrogen and oxygen atoms in total. The van der Waals surface area contributed by atoms with Crippen LogP contribution in [0.1, 0.15) is 11.3 Å². The van der Waals surface area contributed by atoms with Crippen LogP contribution in [0, 0.1) is 22.9 Å². The van der Waals surface area contributed by atoms with E-state index in [1.54, 1.807) is 36.4 Å². The molecule has 1 N–H and O–H groups in total. The molecule has 2 heterocycles. The third-order valence-electron chi connectivity index (χ3n) is 5.44. The smallest absolute Gasteiger partial charge is 0.269 e. The third-order valence-corrected chi connectivity index (χ3v) is 5.44. The van der Waals surface area contributed by atoms with Crippen molar-refractivity contribution in [3.05, 3.63) is 75.7 Å². The van der Waals surface area contributed by atoms with Gasteiger partial charge in [0.15, 0.2) is 5.76 Å². The van der Waals surface area contributed by atoms with Gasteiger partial charge in [-0.25, -0.2) is 4.39 Å². The zero-order valence-corrected chi connectivity index (χ0v) is 16.1. The molecule has 2 aromatic carbocycles. The second-order valence-electron chi connectivity index (χ2n) is 7.28. The van der Waals surface area contributed by atoms with E-state index in [-0.39, 0.29) is 16.4 Å². The second-order valence-corrected chi connectivity index (χ2v) is 7.28. The van der Waals surface area contributed by atoms with Crippen molar-refractivity contribution in [3.8, 4) is 11.3 Å². The summed E-state index contributed by atoms with van der Waals surface area (Å²) in [6.07, 6.45) is 0. The normalized spacial score (nSPS) is 14.9. The average Bonchev–Trinajstić information content (AvgIpc) is 3.09. The van der Waals surface area contributed by atoms with Gasteiger partial charge in [-0.3, -0.25) is 10.1 Å². The summed E-state index contributed by atoms with van der Waals surface area (Å²) in [7, 11) is 0. The molecule has 150 valence electrons. The van der Waals surface area contributed by atoms with E-state index >= 15 is 0 Å². The highest BCUT2D eigenvalue weighted by Crippen LogP contribution is 2.25. The number of benzene rings is 2. The van der Waals surface area contributed by atoms with Crippen LogP contribution < -0.4 is 9.80 Å². The lowest BCUT2D eigenvalue weighted by atomic mass is 10.1. The van der Waals surface area contributed by atoms with Crippen LogP contribution in [0.5, 0.6) is 0 Å². The first-order valence-electron chi connectivity index (χ1n) is 9.55. The summed E-state index contributed by atoms with van der Waals surface area (Å²) in [5, 5.41) is 15.0. The highest BCUT2D eigenvalue weighted by molar-refractivity contribution is 5.61. The number of hydrogen-bond acceptors (Lipinski definition) is 5. The lowest BCUT2D eigenvalue weighted by molar-refractivity contribution is -0.914. The second kappa shape index (κ2) is 8.00. The fraction of sp³-hybridized carbons (Fsp3) is 0.286. The van der Waals surface area contributed by atoms with Gasteiger partial charge in [0.2, 0.25) is 0 Å². The van der Waals surface area contributed by atoms with Gasteiger partial charge in [0.1, 0.15) is 18.1 Å². The first-order chi connectivity index (χ1) is 14.0. The fourth-order valence-corrected chi connectivity index (χ4v) is 3.68. The number of rotatable bonds is 5. The van der Waals surface area contributed by atoms with E-state index in [2.05, 4.69) is 10.1 Å². The highest BCUT2D eigenvalue weighted by atomic mass is 19.1. The predicted molar refractivity (Wildman–Crippen MR) is 106 cm³/mol. The molecule has 0 spiro atoms. The Labute approximate surface area is 167 Å². The molecule has 0 aliphatic carbocycles. The first kappa shape index (κ1) is 19.1. The number of nitro groups is 1. The summed E-state index contributed by atoms with van der Waals surface area (Å²) in [5.74, 6) is 0.408. The summed E-state index contributed by atoms with van der Waals surface area (Å²) in [6.45, 7) is 6.37. The minimum Gasteiger partial charge on any atom is -0.360 e. The number of aromatic nitrogens is 1. The molecule has 0 bridgehead atoms. The molecule has 0 saturated carbocycles. The first-order valence-corrected chi connectivity index (χ1v) is 9.55. The molecule has 4 rings (SSSR count). The van der Waals surface area contributed by atoms with Gasteiger partial charge in [0, 0.05) is 28.9 Å². The minimum absolute atomic E-state index is 0.108. The Hall–Kier alpha value is -3.26. The summed E-state index contributed by atoms with van der Waals surface area (Å²) < 4.78 is 18.7. The molecule has 0 amide bonds. The molecule has 3 aromatic rings. The van der Waals surface area contributed by atoms with Gasteiger partial charge < -0.3 is 14.3 Å². The van der Waals surface area contributed by atoms with E-state index in [0.29, 0.717) is 5.76 Å². The van der Waals surface area contributed by atoms with Crippen LogP contribution >= 0.6 is 0 Å². The summed E-state index contributed by atoms with van der Waals surface area (Å²) in [5.41, 5.74) is 3.84. The van der Waals surface area contributed by atoms with E-state index in [1.165, 1.54) is 17.0 Å². The lowest BCUT2D eigenvalue weighted by Crippen LogP contribution is -3.13. The zero-order valence-electron chi connectivity index (χ0n) is 16.1. The van der Waals surface area contributed by atoms with Gasteiger partial charge in [-0.15, -0.1) is 0 Å². The van der Waals surface area contributed by atoms with Gasteiger partial charge in [0.05, 0.1) is 31.1 Å². The fourth-order valence-electron chi connectivity index (χ4n) is 3.68. The molecule has 1 aliphatic heterocycles. The van der Waals surface area contributed by atoms with Crippen LogP contribution in [-0.2, 0) is 6.54 Å². The molecular formula is C21H22FN4O3+. The Bertz CT molecular complexity index is 994. The van der Waals surface area contributed by atoms with E-state index < -0.39 is 0 Å². The molecular weight excluding hydrogens is 375 g/mol. The Balaban J connectivity index is 1.37. The molecule has 1 saturated heterocycles. The number of nitrogens with one attached hydrogen (secondary N) is 1. The topological polar surface area (TPSA) is 76.8 Å². The van der Waals surface area contributed by atoms with Gasteiger partial charge in [-0.1, -0.05) is 5.16 Å². The van der Waals surface area contributed by atoms with E-state index in [0.717, 1.165) is 55.2 Å². The van der Waals surface area contributed by atoms with E-state index in [9.17, 15) is 14.5 Å². The van der Waals surface area contributed by atoms with Crippen LogP contribution in [0.3, 0.4) is 0 Å². The number of anilines is 1. The van der Waals surface area contributed by atoms with Gasteiger partial charge in [0.25, 0.3) is 5.69 Å². The number of non-ortho nitro benzene ring substituents is 1. The van der Waals surface area contributed by atoms with Crippen LogP contribution in [0.25, 0.3) is 11.3 Å². The number of piperazine rings is 1. The standard InChI is InChI=1S/C21H21FN4O3/c1-15-20(23-29-21(15)16-2-4-17(22)5-3-16)14-24-10-12-25(13-11-24)18-6-8-19(9-7-18)26(27)28/h2-9H,10-14H2,1H3/p+1. The molecule has 1 aromatic heterocycles. The molecule has 0 unspecified atom stereocenters. The van der Waals surface area contributed by atoms with Crippen molar-refractivity contribution in [1.29, 1.82) is 0 Å². The number of hydrogen-bond donors (Lipinski definition) is 1. The molecule has 0 atom stereocenters. The van der Waals surface area contributed by atoms with Crippen LogP contribution in [0.15, 0.2) is 53.1 Å². The Morgan fingerprint density at radius 1 is 1.14 bits per heavy atom. The molecule has 8 heteroatoms. The SMILES string of the molecule is Cc1c(C[NH+]2CCN(c3ccc([N+](=O)[O-])cc3)CC2)noc1-c1ccc(F)cc1. The maximum absolute atomic E-state index is 13.1. The van der Waals surface area contributed by atoms with Crippen LogP contribution in [0.4, 0.5) is 15.8 Å². The average molecular weight is 397 g/mol.